The first kappa shape index (κ1) is 21.3. The van der Waals surface area contributed by atoms with E-state index in [1.54, 1.807) is 52.0 Å². The van der Waals surface area contributed by atoms with Gasteiger partial charge in [0.15, 0.2) is 0 Å². The first-order chi connectivity index (χ1) is 11.5. The third kappa shape index (κ3) is 5.90. The summed E-state index contributed by atoms with van der Waals surface area (Å²) >= 11 is 5.91. The molecule has 0 aromatic heterocycles. The Bertz CT molecular complexity index is 596. The van der Waals surface area contributed by atoms with Crippen molar-refractivity contribution < 1.29 is 23.8 Å². The molecule has 0 fully saturated rings. The number of carbonyl (C=O) groups excluding carboxylic acids is 2. The molecule has 0 N–H and O–H groups in total. The van der Waals surface area contributed by atoms with Crippen LogP contribution in [0.15, 0.2) is 24.3 Å². The second-order valence-electron chi connectivity index (χ2n) is 6.89. The first-order valence-corrected chi connectivity index (χ1v) is 8.23. The van der Waals surface area contributed by atoms with Crippen LogP contribution < -0.4 is 0 Å². The van der Waals surface area contributed by atoms with Gasteiger partial charge in [-0.25, -0.2) is 9.59 Å². The van der Waals surface area contributed by atoms with Crippen LogP contribution in [-0.4, -0.2) is 49.1 Å². The average Bonchev–Trinajstić information content (AvgIpc) is 2.52. The Labute approximate surface area is 154 Å². The molecule has 0 aliphatic rings. The molecule has 0 aliphatic heterocycles. The number of rotatable bonds is 6. The molecule has 0 saturated heterocycles. The Balaban J connectivity index is 3.23. The Morgan fingerprint density at radius 1 is 1.08 bits per heavy atom. The predicted octanol–water partition coefficient (Wildman–Crippen LogP) is 3.66. The second kappa shape index (κ2) is 8.54. The van der Waals surface area contributed by atoms with Crippen molar-refractivity contribution in [2.75, 3.05) is 21.0 Å². The van der Waals surface area contributed by atoms with Gasteiger partial charge in [0.05, 0.1) is 7.11 Å². The number of hydrogen-bond donors (Lipinski definition) is 0. The summed E-state index contributed by atoms with van der Waals surface area (Å²) in [7, 11) is 2.72. The van der Waals surface area contributed by atoms with Crippen LogP contribution in [0, 0.1) is 0 Å². The van der Waals surface area contributed by atoms with Gasteiger partial charge in [-0.1, -0.05) is 23.7 Å². The zero-order valence-corrected chi connectivity index (χ0v) is 16.3. The minimum Gasteiger partial charge on any atom is -0.467 e. The number of nitrogens with zero attached hydrogens (tertiary/aromatic N) is 1. The van der Waals surface area contributed by atoms with E-state index in [4.69, 9.17) is 25.8 Å². The summed E-state index contributed by atoms with van der Waals surface area (Å²) in [4.78, 5) is 26.4. The number of amides is 1. The molecule has 1 atom stereocenters. The highest BCUT2D eigenvalue weighted by Gasteiger charge is 2.45. The monoisotopic (exact) mass is 371 g/mol. The highest BCUT2D eigenvalue weighted by atomic mass is 35.5. The Morgan fingerprint density at radius 3 is 2.08 bits per heavy atom. The maximum absolute atomic E-state index is 12.7. The third-order valence-corrected chi connectivity index (χ3v) is 3.81. The summed E-state index contributed by atoms with van der Waals surface area (Å²) in [5, 5.41) is 0.587. The molecule has 6 nitrogen and oxygen atoms in total. The fourth-order valence-corrected chi connectivity index (χ4v) is 2.47. The Hall–Kier alpha value is -1.79. The Kier molecular flexibility index (Phi) is 7.26. The lowest BCUT2D eigenvalue weighted by Crippen LogP contribution is -2.58. The van der Waals surface area contributed by atoms with E-state index >= 15 is 0 Å². The number of benzene rings is 1. The summed E-state index contributed by atoms with van der Waals surface area (Å²) in [6, 6.07) is 7.04. The minimum atomic E-state index is -1.30. The molecule has 0 bridgehead atoms. The number of ether oxygens (including phenoxy) is 3. The van der Waals surface area contributed by atoms with Gasteiger partial charge in [-0.2, -0.15) is 0 Å². The van der Waals surface area contributed by atoms with Crippen LogP contribution in [0.5, 0.6) is 0 Å². The van der Waals surface area contributed by atoms with Gasteiger partial charge in [0.25, 0.3) is 0 Å². The topological polar surface area (TPSA) is 65.1 Å². The van der Waals surface area contributed by atoms with Crippen LogP contribution >= 0.6 is 11.6 Å². The van der Waals surface area contributed by atoms with Gasteiger partial charge in [-0.05, 0) is 45.4 Å². The zero-order valence-electron chi connectivity index (χ0n) is 15.6. The zero-order chi connectivity index (χ0) is 19.3. The van der Waals surface area contributed by atoms with Crippen LogP contribution in [-0.2, 0) is 25.4 Å². The summed E-state index contributed by atoms with van der Waals surface area (Å²) in [6.07, 6.45) is -0.435. The minimum absolute atomic E-state index is 0.117. The Morgan fingerprint density at radius 2 is 1.64 bits per heavy atom. The molecule has 0 heterocycles. The lowest BCUT2D eigenvalue weighted by Gasteiger charge is -2.39. The summed E-state index contributed by atoms with van der Waals surface area (Å²) in [5.41, 5.74) is -1.19. The van der Waals surface area contributed by atoms with Gasteiger partial charge < -0.3 is 14.2 Å². The molecule has 0 saturated carbocycles. The lowest BCUT2D eigenvalue weighted by molar-refractivity contribution is -0.157. The quantitative estimate of drug-likeness (QED) is 0.564. The SMILES string of the molecule is COCN(C(=O)OC(C)(C)C)[C@@](C)(Cc1ccc(Cl)cc1)C(=O)OC. The van der Waals surface area contributed by atoms with Gasteiger partial charge in [0.2, 0.25) is 0 Å². The molecule has 0 unspecified atom stereocenters. The highest BCUT2D eigenvalue weighted by molar-refractivity contribution is 6.30. The van der Waals surface area contributed by atoms with Crippen molar-refractivity contribution in [1.29, 1.82) is 0 Å². The van der Waals surface area contributed by atoms with Crippen LogP contribution in [0.3, 0.4) is 0 Å². The van der Waals surface area contributed by atoms with Crippen molar-refractivity contribution in [1.82, 2.24) is 4.90 Å². The van der Waals surface area contributed by atoms with Crippen molar-refractivity contribution in [2.45, 2.75) is 45.3 Å². The first-order valence-electron chi connectivity index (χ1n) is 7.86. The summed E-state index contributed by atoms with van der Waals surface area (Å²) in [5.74, 6) is -0.564. The van der Waals surface area contributed by atoms with E-state index in [0.717, 1.165) is 5.56 Å². The smallest absolute Gasteiger partial charge is 0.413 e. The number of hydrogen-bond acceptors (Lipinski definition) is 5. The van der Waals surface area contributed by atoms with Crippen molar-refractivity contribution in [3.8, 4) is 0 Å². The van der Waals surface area contributed by atoms with E-state index in [-0.39, 0.29) is 13.2 Å². The maximum Gasteiger partial charge on any atom is 0.413 e. The van der Waals surface area contributed by atoms with Gasteiger partial charge in [-0.15, -0.1) is 0 Å². The number of methoxy groups -OCH3 is 2. The number of halogens is 1. The van der Waals surface area contributed by atoms with E-state index in [2.05, 4.69) is 0 Å². The molecule has 1 rings (SSSR count). The van der Waals surface area contributed by atoms with Gasteiger partial charge in [0, 0.05) is 18.6 Å². The van der Waals surface area contributed by atoms with Crippen LogP contribution in [0.4, 0.5) is 4.79 Å². The largest absolute Gasteiger partial charge is 0.467 e. The second-order valence-corrected chi connectivity index (χ2v) is 7.33. The van der Waals surface area contributed by atoms with Crippen molar-refractivity contribution in [3.63, 3.8) is 0 Å². The fraction of sp³-hybridized carbons (Fsp3) is 0.556. The normalized spacial score (nSPS) is 13.7. The molecule has 140 valence electrons. The van der Waals surface area contributed by atoms with E-state index in [1.807, 2.05) is 0 Å². The molecule has 0 radical (unpaired) electrons. The van der Waals surface area contributed by atoms with Gasteiger partial charge in [0.1, 0.15) is 17.9 Å². The number of esters is 1. The fourth-order valence-electron chi connectivity index (χ4n) is 2.34. The molecule has 25 heavy (non-hydrogen) atoms. The molecule has 1 aromatic rings. The van der Waals surface area contributed by atoms with Crippen LogP contribution in [0.25, 0.3) is 0 Å². The van der Waals surface area contributed by atoms with E-state index in [0.29, 0.717) is 5.02 Å². The van der Waals surface area contributed by atoms with Crippen molar-refractivity contribution in [2.24, 2.45) is 0 Å². The van der Waals surface area contributed by atoms with E-state index in [9.17, 15) is 9.59 Å². The molecule has 1 aromatic carbocycles. The summed E-state index contributed by atoms with van der Waals surface area (Å²) in [6.45, 7) is 6.77. The highest BCUT2D eigenvalue weighted by Crippen LogP contribution is 2.26. The molecule has 0 aliphatic carbocycles. The molecular weight excluding hydrogens is 346 g/mol. The van der Waals surface area contributed by atoms with Crippen LogP contribution in [0.2, 0.25) is 5.02 Å². The molecule has 1 amide bonds. The lowest BCUT2D eigenvalue weighted by atomic mass is 9.91. The van der Waals surface area contributed by atoms with Crippen molar-refractivity contribution >= 4 is 23.7 Å². The van der Waals surface area contributed by atoms with Gasteiger partial charge >= 0.3 is 12.1 Å². The van der Waals surface area contributed by atoms with E-state index in [1.165, 1.54) is 19.1 Å². The maximum atomic E-state index is 12.7. The summed E-state index contributed by atoms with van der Waals surface area (Å²) < 4.78 is 15.5. The number of carbonyl (C=O) groups is 2. The van der Waals surface area contributed by atoms with Gasteiger partial charge in [-0.3, -0.25) is 4.90 Å². The molecule has 0 spiro atoms. The molecular formula is C18H26ClNO5. The van der Waals surface area contributed by atoms with E-state index < -0.39 is 23.2 Å². The standard InChI is InChI=1S/C18H26ClNO5/c1-17(2,3)25-16(22)20(12-23-5)18(4,15(21)24-6)11-13-7-9-14(19)10-8-13/h7-10H,11-12H2,1-6H3/t18-/m0/s1. The molecule has 7 heteroatoms. The average molecular weight is 372 g/mol. The van der Waals surface area contributed by atoms with Crippen LogP contribution in [0.1, 0.15) is 33.3 Å². The predicted molar refractivity (Wildman–Crippen MR) is 95.5 cm³/mol. The van der Waals surface area contributed by atoms with Crippen molar-refractivity contribution in [3.05, 3.63) is 34.9 Å². The third-order valence-electron chi connectivity index (χ3n) is 3.55.